The molecule has 0 amide bonds. The van der Waals surface area contributed by atoms with Crippen LogP contribution in [0.5, 0.6) is 0 Å². The summed E-state index contributed by atoms with van der Waals surface area (Å²) in [5.74, 6) is 0.367. The van der Waals surface area contributed by atoms with Gasteiger partial charge in [-0.05, 0) is 0 Å². The number of hydrogen-bond acceptors (Lipinski definition) is 2. The molecule has 4 heteroatoms. The fourth-order valence-corrected chi connectivity index (χ4v) is 0.844. The van der Waals surface area contributed by atoms with Crippen LogP contribution in [0.4, 0.5) is 0 Å². The molecule has 0 spiro atoms. The van der Waals surface area contributed by atoms with Crippen LogP contribution in [-0.2, 0) is 4.74 Å². The van der Waals surface area contributed by atoms with E-state index in [4.69, 9.17) is 27.9 Å². The molecule has 58 valence electrons. The Balaban J connectivity index is 4.45. The number of rotatable bonds is 3. The molecule has 0 aliphatic carbocycles. The van der Waals surface area contributed by atoms with Crippen molar-refractivity contribution in [3.8, 4) is 0 Å². The molecule has 1 N–H and O–H groups in total. The molecule has 2 nitrogen and oxygen atoms in total. The van der Waals surface area contributed by atoms with E-state index in [-0.39, 0.29) is 5.03 Å². The fourth-order valence-electron chi connectivity index (χ4n) is 0.433. The van der Waals surface area contributed by atoms with Crippen LogP contribution in [0.3, 0.4) is 0 Å². The second-order valence-electron chi connectivity index (χ2n) is 1.50. The first-order valence-electron chi connectivity index (χ1n) is 2.59. The van der Waals surface area contributed by atoms with Crippen molar-refractivity contribution in [2.45, 2.75) is 0 Å². The maximum atomic E-state index is 5.62. The number of halogens is 2. The lowest BCUT2D eigenvalue weighted by Crippen LogP contribution is -2.04. The van der Waals surface area contributed by atoms with Gasteiger partial charge in [0.2, 0.25) is 0 Å². The van der Waals surface area contributed by atoms with E-state index in [9.17, 15) is 0 Å². The third kappa shape index (κ3) is 2.50. The van der Waals surface area contributed by atoms with Crippen molar-refractivity contribution in [3.63, 3.8) is 0 Å². The normalized spacial score (nSPS) is 12.0. The zero-order valence-corrected chi connectivity index (χ0v) is 7.38. The second kappa shape index (κ2) is 4.47. The molecule has 0 heterocycles. The van der Waals surface area contributed by atoms with E-state index in [1.54, 1.807) is 7.05 Å². The summed E-state index contributed by atoms with van der Waals surface area (Å²) in [5.41, 5.74) is 0. The number of methoxy groups -OCH3 is 1. The molecule has 0 saturated carbocycles. The average molecular weight is 182 g/mol. The van der Waals surface area contributed by atoms with Crippen molar-refractivity contribution in [2.75, 3.05) is 14.2 Å². The van der Waals surface area contributed by atoms with Crippen molar-refractivity contribution in [2.24, 2.45) is 0 Å². The smallest absolute Gasteiger partial charge is 0.171 e. The summed E-state index contributed by atoms with van der Waals surface area (Å²) in [6.45, 7) is 3.45. The minimum Gasteiger partial charge on any atom is -0.492 e. The Kier molecular flexibility index (Phi) is 4.32. The molecular formula is C6H9Cl2NO. The average Bonchev–Trinajstić information content (AvgIpc) is 1.88. The molecule has 0 aliphatic rings. The van der Waals surface area contributed by atoms with Gasteiger partial charge in [-0.15, -0.1) is 0 Å². The molecule has 0 aromatic heterocycles. The van der Waals surface area contributed by atoms with Crippen LogP contribution < -0.4 is 5.32 Å². The van der Waals surface area contributed by atoms with E-state index in [2.05, 4.69) is 11.9 Å². The van der Waals surface area contributed by atoms with Crippen molar-refractivity contribution in [3.05, 3.63) is 22.5 Å². The van der Waals surface area contributed by atoms with Gasteiger partial charge in [0.05, 0.1) is 12.1 Å². The van der Waals surface area contributed by atoms with Gasteiger partial charge >= 0.3 is 0 Å². The molecule has 0 unspecified atom stereocenters. The van der Waals surface area contributed by atoms with Gasteiger partial charge in [-0.25, -0.2) is 0 Å². The van der Waals surface area contributed by atoms with Crippen molar-refractivity contribution >= 4 is 23.2 Å². The first kappa shape index (κ1) is 9.66. The molecule has 0 bridgehead atoms. The van der Waals surface area contributed by atoms with Gasteiger partial charge in [-0.3, -0.25) is 0 Å². The lowest BCUT2D eigenvalue weighted by Gasteiger charge is -2.05. The SMILES string of the molecule is C=C(Cl)/C(OC)=C(/Cl)NC. The number of allylic oxidation sites excluding steroid dienone is 1. The Hall–Kier alpha value is -0.340. The van der Waals surface area contributed by atoms with E-state index in [0.29, 0.717) is 10.9 Å². The molecule has 0 aliphatic heterocycles. The molecular weight excluding hydrogens is 173 g/mol. The van der Waals surface area contributed by atoms with Crippen molar-refractivity contribution in [1.29, 1.82) is 0 Å². The lowest BCUT2D eigenvalue weighted by atomic mass is 10.5. The van der Waals surface area contributed by atoms with Gasteiger partial charge in [0.25, 0.3) is 0 Å². The number of ether oxygens (including phenoxy) is 1. The topological polar surface area (TPSA) is 21.3 Å². The van der Waals surface area contributed by atoms with Crippen LogP contribution in [0.15, 0.2) is 22.5 Å². The summed E-state index contributed by atoms with van der Waals surface area (Å²) in [5, 5.41) is 3.30. The van der Waals surface area contributed by atoms with E-state index in [0.717, 1.165) is 0 Å². The van der Waals surface area contributed by atoms with Crippen molar-refractivity contribution < 1.29 is 4.74 Å². The Morgan fingerprint density at radius 2 is 2.00 bits per heavy atom. The maximum Gasteiger partial charge on any atom is 0.171 e. The molecule has 0 saturated heterocycles. The molecule has 0 atom stereocenters. The van der Waals surface area contributed by atoms with Gasteiger partial charge in [0.15, 0.2) is 5.76 Å². The molecule has 10 heavy (non-hydrogen) atoms. The van der Waals surface area contributed by atoms with Gasteiger partial charge in [0.1, 0.15) is 5.16 Å². The third-order valence-electron chi connectivity index (χ3n) is 0.869. The highest BCUT2D eigenvalue weighted by Gasteiger charge is 2.04. The predicted molar refractivity (Wildman–Crippen MR) is 43.9 cm³/mol. The highest BCUT2D eigenvalue weighted by Crippen LogP contribution is 2.17. The highest BCUT2D eigenvalue weighted by atomic mass is 35.5. The largest absolute Gasteiger partial charge is 0.492 e. The van der Waals surface area contributed by atoms with Crippen LogP contribution >= 0.6 is 23.2 Å². The predicted octanol–water partition coefficient (Wildman–Crippen LogP) is 2.01. The first-order valence-corrected chi connectivity index (χ1v) is 3.35. The van der Waals surface area contributed by atoms with Gasteiger partial charge in [0, 0.05) is 7.05 Å². The first-order chi connectivity index (χ1) is 4.63. The van der Waals surface area contributed by atoms with Gasteiger partial charge in [-0.2, -0.15) is 0 Å². The Labute approximate surface area is 70.5 Å². The van der Waals surface area contributed by atoms with Gasteiger partial charge < -0.3 is 10.1 Å². The lowest BCUT2D eigenvalue weighted by molar-refractivity contribution is 0.301. The minimum atomic E-state index is 0.279. The standard InChI is InChI=1S/C6H9Cl2NO/c1-4(7)5(10-3)6(8)9-2/h9H,1H2,2-3H3/b6-5+. The summed E-state index contributed by atoms with van der Waals surface area (Å²) in [7, 11) is 3.14. The highest BCUT2D eigenvalue weighted by molar-refractivity contribution is 6.34. The van der Waals surface area contributed by atoms with E-state index >= 15 is 0 Å². The zero-order valence-electron chi connectivity index (χ0n) is 5.87. The molecule has 0 fully saturated rings. The van der Waals surface area contributed by atoms with E-state index in [1.807, 2.05) is 0 Å². The number of nitrogens with one attached hydrogen (secondary N) is 1. The van der Waals surface area contributed by atoms with Crippen molar-refractivity contribution in [1.82, 2.24) is 5.32 Å². The van der Waals surface area contributed by atoms with Crippen LogP contribution in [-0.4, -0.2) is 14.2 Å². The zero-order chi connectivity index (χ0) is 8.15. The van der Waals surface area contributed by atoms with E-state index in [1.165, 1.54) is 7.11 Å². The monoisotopic (exact) mass is 181 g/mol. The summed E-state index contributed by atoms with van der Waals surface area (Å²) in [6, 6.07) is 0. The molecule has 0 radical (unpaired) electrons. The summed E-state index contributed by atoms with van der Waals surface area (Å²) < 4.78 is 4.82. The summed E-state index contributed by atoms with van der Waals surface area (Å²) >= 11 is 11.1. The Bertz CT molecular complexity index is 165. The van der Waals surface area contributed by atoms with Crippen LogP contribution in [0, 0.1) is 0 Å². The third-order valence-corrected chi connectivity index (χ3v) is 1.40. The minimum absolute atomic E-state index is 0.279. The molecule has 0 rings (SSSR count). The van der Waals surface area contributed by atoms with Crippen LogP contribution in [0.2, 0.25) is 0 Å². The molecule has 0 aromatic rings. The Morgan fingerprint density at radius 1 is 1.50 bits per heavy atom. The summed E-state index contributed by atoms with van der Waals surface area (Å²) in [4.78, 5) is 0. The molecule has 0 aromatic carbocycles. The van der Waals surface area contributed by atoms with Crippen LogP contribution in [0.1, 0.15) is 0 Å². The second-order valence-corrected chi connectivity index (χ2v) is 2.34. The summed E-state index contributed by atoms with van der Waals surface area (Å²) in [6.07, 6.45) is 0. The number of hydrogen-bond donors (Lipinski definition) is 1. The fraction of sp³-hybridized carbons (Fsp3) is 0.333. The Morgan fingerprint density at radius 3 is 2.10 bits per heavy atom. The van der Waals surface area contributed by atoms with Gasteiger partial charge in [-0.1, -0.05) is 29.8 Å². The van der Waals surface area contributed by atoms with Crippen LogP contribution in [0.25, 0.3) is 0 Å². The van der Waals surface area contributed by atoms with E-state index < -0.39 is 0 Å². The quantitative estimate of drug-likeness (QED) is 0.409. The maximum absolute atomic E-state index is 5.62.